The van der Waals surface area contributed by atoms with Gasteiger partial charge in [0.05, 0.1) is 0 Å². The zero-order chi connectivity index (χ0) is 14.9. The minimum atomic E-state index is -0.588. The molecule has 5 heteroatoms. The lowest BCUT2D eigenvalue weighted by molar-refractivity contribution is 0.491. The molecule has 0 bridgehead atoms. The smallest absolute Gasteiger partial charge is 0.0467 e. The van der Waals surface area contributed by atoms with Crippen LogP contribution >= 0.6 is 55.1 Å². The highest BCUT2D eigenvalue weighted by molar-refractivity contribution is 9.10. The Bertz CT molecular complexity index is 642. The summed E-state index contributed by atoms with van der Waals surface area (Å²) in [4.78, 5) is 0. The molecule has 0 aliphatic heterocycles. The Balaban J connectivity index is 2.35. The molecule has 2 aromatic carbocycles. The molecule has 2 N–H and O–H groups in total. The van der Waals surface area contributed by atoms with Crippen LogP contribution in [-0.2, 0) is 12.0 Å². The van der Waals surface area contributed by atoms with Crippen molar-refractivity contribution in [1.29, 1.82) is 0 Å². The number of halogens is 4. The second-order valence-electron chi connectivity index (χ2n) is 4.95. The van der Waals surface area contributed by atoms with Crippen LogP contribution in [0, 0.1) is 0 Å². The Morgan fingerprint density at radius 2 is 1.55 bits per heavy atom. The molecule has 1 unspecified atom stereocenters. The monoisotopic (exact) mass is 435 g/mol. The van der Waals surface area contributed by atoms with Gasteiger partial charge in [0.25, 0.3) is 0 Å². The average molecular weight is 438 g/mol. The quantitative estimate of drug-likeness (QED) is 0.632. The summed E-state index contributed by atoms with van der Waals surface area (Å²) in [6.07, 6.45) is 0.612. The number of benzene rings is 2. The lowest BCUT2D eigenvalue weighted by Crippen LogP contribution is -2.35. The number of nitrogens with two attached hydrogens (primary N) is 1. The lowest BCUT2D eigenvalue weighted by Gasteiger charge is -2.27. The van der Waals surface area contributed by atoms with E-state index in [9.17, 15) is 0 Å². The first-order valence-corrected chi connectivity index (χ1v) is 8.32. The normalized spacial score (nSPS) is 14.1. The Kier molecular flexibility index (Phi) is 5.19. The average Bonchev–Trinajstić information content (AvgIpc) is 2.32. The van der Waals surface area contributed by atoms with E-state index in [1.165, 1.54) is 0 Å². The maximum absolute atomic E-state index is 6.46. The van der Waals surface area contributed by atoms with Gasteiger partial charge in [-0.2, -0.15) is 0 Å². The molecule has 2 rings (SSSR count). The molecular formula is C15H13Br2Cl2N. The van der Waals surface area contributed by atoms with Crippen molar-refractivity contribution in [3.63, 3.8) is 0 Å². The summed E-state index contributed by atoms with van der Waals surface area (Å²) in [7, 11) is 0. The predicted molar refractivity (Wildman–Crippen MR) is 93.5 cm³/mol. The van der Waals surface area contributed by atoms with Crippen LogP contribution in [0.5, 0.6) is 0 Å². The molecule has 0 aliphatic carbocycles. The van der Waals surface area contributed by atoms with Crippen LogP contribution < -0.4 is 5.73 Å². The zero-order valence-electron chi connectivity index (χ0n) is 10.8. The van der Waals surface area contributed by atoms with E-state index in [2.05, 4.69) is 31.9 Å². The second-order valence-corrected chi connectivity index (χ2v) is 7.60. The third kappa shape index (κ3) is 3.77. The molecule has 0 saturated heterocycles. The minimum absolute atomic E-state index is 0.588. The van der Waals surface area contributed by atoms with Gasteiger partial charge in [-0.15, -0.1) is 0 Å². The molecule has 0 heterocycles. The van der Waals surface area contributed by atoms with Gasteiger partial charge in [0.15, 0.2) is 0 Å². The Labute approximate surface area is 145 Å². The topological polar surface area (TPSA) is 26.0 Å². The highest BCUT2D eigenvalue weighted by Crippen LogP contribution is 2.33. The number of hydrogen-bond acceptors (Lipinski definition) is 1. The number of hydrogen-bond donors (Lipinski definition) is 1. The maximum Gasteiger partial charge on any atom is 0.0467 e. The lowest BCUT2D eigenvalue weighted by atomic mass is 9.86. The second kappa shape index (κ2) is 6.37. The van der Waals surface area contributed by atoms with Crippen molar-refractivity contribution in [2.75, 3.05) is 0 Å². The molecule has 0 aliphatic rings. The third-order valence-electron chi connectivity index (χ3n) is 3.12. The molecule has 20 heavy (non-hydrogen) atoms. The Morgan fingerprint density at radius 1 is 1.00 bits per heavy atom. The summed E-state index contributed by atoms with van der Waals surface area (Å²) in [6, 6.07) is 11.5. The van der Waals surface area contributed by atoms with Crippen molar-refractivity contribution in [2.24, 2.45) is 5.73 Å². The van der Waals surface area contributed by atoms with E-state index >= 15 is 0 Å². The van der Waals surface area contributed by atoms with Crippen LogP contribution in [0.25, 0.3) is 0 Å². The predicted octanol–water partition coefficient (Wildman–Crippen LogP) is 5.94. The highest BCUT2D eigenvalue weighted by Gasteiger charge is 2.25. The summed E-state index contributed by atoms with van der Waals surface area (Å²) in [6.45, 7) is 1.96. The van der Waals surface area contributed by atoms with Gasteiger partial charge >= 0.3 is 0 Å². The van der Waals surface area contributed by atoms with Crippen molar-refractivity contribution >= 4 is 55.1 Å². The molecule has 0 aromatic heterocycles. The molecule has 1 atom stereocenters. The molecule has 0 fully saturated rings. The van der Waals surface area contributed by atoms with Crippen molar-refractivity contribution in [3.8, 4) is 0 Å². The molecule has 0 spiro atoms. The van der Waals surface area contributed by atoms with Gasteiger partial charge in [-0.05, 0) is 48.7 Å². The van der Waals surface area contributed by atoms with E-state index in [0.717, 1.165) is 20.1 Å². The molecule has 2 aromatic rings. The first-order valence-electron chi connectivity index (χ1n) is 5.98. The zero-order valence-corrected chi connectivity index (χ0v) is 15.4. The van der Waals surface area contributed by atoms with Gasteiger partial charge in [0.1, 0.15) is 0 Å². The molecule has 0 radical (unpaired) electrons. The first-order chi connectivity index (χ1) is 9.29. The van der Waals surface area contributed by atoms with Crippen molar-refractivity contribution in [2.45, 2.75) is 18.9 Å². The van der Waals surface area contributed by atoms with Gasteiger partial charge in [0, 0.05) is 24.5 Å². The molecule has 1 nitrogen and oxygen atoms in total. The fourth-order valence-corrected chi connectivity index (χ4v) is 3.74. The Hall–Kier alpha value is -0.0600. The standard InChI is InChI=1S/C15H13Br2Cl2N/c1-15(20,12-5-4-11(17)7-14(12)19)8-9-2-3-10(16)6-13(9)18/h2-7H,8,20H2,1H3. The third-order valence-corrected chi connectivity index (χ3v) is 4.77. The van der Waals surface area contributed by atoms with E-state index in [0.29, 0.717) is 16.5 Å². The number of rotatable bonds is 3. The molecule has 0 saturated carbocycles. The molecule has 0 amide bonds. The van der Waals surface area contributed by atoms with Gasteiger partial charge in [-0.1, -0.05) is 67.2 Å². The Morgan fingerprint density at radius 3 is 2.10 bits per heavy atom. The van der Waals surface area contributed by atoms with E-state index in [-0.39, 0.29) is 0 Å². The summed E-state index contributed by atoms with van der Waals surface area (Å²) in [5.74, 6) is 0. The van der Waals surface area contributed by atoms with Gasteiger partial charge < -0.3 is 5.73 Å². The molecule has 106 valence electrons. The van der Waals surface area contributed by atoms with Gasteiger partial charge in [0.2, 0.25) is 0 Å². The summed E-state index contributed by atoms with van der Waals surface area (Å²) >= 11 is 19.4. The maximum atomic E-state index is 6.46. The van der Waals surface area contributed by atoms with Crippen LogP contribution in [0.3, 0.4) is 0 Å². The van der Waals surface area contributed by atoms with Crippen LogP contribution in [-0.4, -0.2) is 0 Å². The van der Waals surface area contributed by atoms with Crippen LogP contribution in [0.2, 0.25) is 10.0 Å². The van der Waals surface area contributed by atoms with Gasteiger partial charge in [-0.3, -0.25) is 0 Å². The van der Waals surface area contributed by atoms with Crippen molar-refractivity contribution in [3.05, 3.63) is 66.5 Å². The van der Waals surface area contributed by atoms with E-state index in [1.54, 1.807) is 0 Å². The van der Waals surface area contributed by atoms with Crippen LogP contribution in [0.1, 0.15) is 18.1 Å². The summed E-state index contributed by atoms with van der Waals surface area (Å²) < 4.78 is 1.88. The van der Waals surface area contributed by atoms with Crippen LogP contribution in [0.15, 0.2) is 45.3 Å². The van der Waals surface area contributed by atoms with Gasteiger partial charge in [-0.25, -0.2) is 0 Å². The fraction of sp³-hybridized carbons (Fsp3) is 0.200. The highest BCUT2D eigenvalue weighted by atomic mass is 79.9. The van der Waals surface area contributed by atoms with E-state index in [1.807, 2.05) is 43.3 Å². The summed E-state index contributed by atoms with van der Waals surface area (Å²) in [5.41, 5.74) is 7.77. The van der Waals surface area contributed by atoms with Crippen molar-refractivity contribution < 1.29 is 0 Å². The first kappa shape index (κ1) is 16.3. The van der Waals surface area contributed by atoms with Crippen LogP contribution in [0.4, 0.5) is 0 Å². The fourth-order valence-electron chi connectivity index (χ4n) is 2.11. The van der Waals surface area contributed by atoms with E-state index in [4.69, 9.17) is 28.9 Å². The van der Waals surface area contributed by atoms with E-state index < -0.39 is 5.54 Å². The SMILES string of the molecule is CC(N)(Cc1ccc(Br)cc1Cl)c1ccc(Br)cc1Cl. The minimum Gasteiger partial charge on any atom is -0.321 e. The largest absolute Gasteiger partial charge is 0.321 e. The molecular weight excluding hydrogens is 425 g/mol. The van der Waals surface area contributed by atoms with Crippen molar-refractivity contribution in [1.82, 2.24) is 0 Å². The summed E-state index contributed by atoms with van der Waals surface area (Å²) in [5, 5.41) is 1.35.